The number of phenols is 1. The summed E-state index contributed by atoms with van der Waals surface area (Å²) in [6.07, 6.45) is 0. The third-order valence-corrected chi connectivity index (χ3v) is 6.28. The van der Waals surface area contributed by atoms with Crippen molar-refractivity contribution in [3.63, 3.8) is 0 Å². The molecule has 0 aliphatic carbocycles. The van der Waals surface area contributed by atoms with Gasteiger partial charge in [0.2, 0.25) is 0 Å². The summed E-state index contributed by atoms with van der Waals surface area (Å²) in [5, 5.41) is 23.3. The average molecular weight is 455 g/mol. The maximum Gasteiger partial charge on any atom is 0.270 e. The Labute approximate surface area is 184 Å². The summed E-state index contributed by atoms with van der Waals surface area (Å²) in [6.45, 7) is 3.60. The number of nitro groups is 1. The summed E-state index contributed by atoms with van der Waals surface area (Å²) >= 11 is 0. The van der Waals surface area contributed by atoms with Crippen LogP contribution in [0.4, 0.5) is 11.4 Å². The first kappa shape index (κ1) is 22.8. The molecule has 0 radical (unpaired) electrons. The number of rotatable bonds is 7. The van der Waals surface area contributed by atoms with Gasteiger partial charge in [-0.25, -0.2) is 8.42 Å². The van der Waals surface area contributed by atoms with Crippen LogP contribution < -0.4 is 10.0 Å². The second-order valence-corrected chi connectivity index (χ2v) is 8.86. The summed E-state index contributed by atoms with van der Waals surface area (Å²) in [5.74, 6) is -0.661. The molecule has 0 aliphatic rings. The van der Waals surface area contributed by atoms with Crippen molar-refractivity contribution in [3.05, 3.63) is 93.0 Å². The van der Waals surface area contributed by atoms with Crippen LogP contribution in [0.2, 0.25) is 0 Å². The Hall–Kier alpha value is -3.92. The van der Waals surface area contributed by atoms with E-state index in [0.29, 0.717) is 0 Å². The zero-order valence-electron chi connectivity index (χ0n) is 17.3. The van der Waals surface area contributed by atoms with E-state index in [-0.39, 0.29) is 39.7 Å². The van der Waals surface area contributed by atoms with E-state index in [0.717, 1.165) is 11.1 Å². The van der Waals surface area contributed by atoms with Crippen molar-refractivity contribution in [2.75, 3.05) is 4.72 Å². The van der Waals surface area contributed by atoms with Crippen LogP contribution in [0.15, 0.2) is 65.6 Å². The van der Waals surface area contributed by atoms with Crippen molar-refractivity contribution >= 4 is 27.3 Å². The highest BCUT2D eigenvalue weighted by Gasteiger charge is 2.16. The largest absolute Gasteiger partial charge is 0.508 e. The number of non-ortho nitro benzene ring substituents is 1. The van der Waals surface area contributed by atoms with Gasteiger partial charge in [0.1, 0.15) is 5.75 Å². The number of anilines is 1. The lowest BCUT2D eigenvalue weighted by molar-refractivity contribution is -0.384. The number of carbonyl (C=O) groups excluding carboxylic acids is 1. The number of carbonyl (C=O) groups is 1. The third kappa shape index (κ3) is 5.22. The molecule has 166 valence electrons. The van der Waals surface area contributed by atoms with Crippen LogP contribution >= 0.6 is 0 Å². The predicted octanol–water partition coefficient (Wildman–Crippen LogP) is 3.65. The van der Waals surface area contributed by atoms with Crippen LogP contribution in [0.5, 0.6) is 5.75 Å². The smallest absolute Gasteiger partial charge is 0.270 e. The zero-order valence-corrected chi connectivity index (χ0v) is 18.1. The first-order valence-electron chi connectivity index (χ1n) is 9.51. The van der Waals surface area contributed by atoms with Crippen molar-refractivity contribution in [1.29, 1.82) is 0 Å². The quantitative estimate of drug-likeness (QED) is 0.367. The van der Waals surface area contributed by atoms with E-state index in [1.54, 1.807) is 12.1 Å². The van der Waals surface area contributed by atoms with Crippen LogP contribution in [0.1, 0.15) is 27.0 Å². The highest BCUT2D eigenvalue weighted by molar-refractivity contribution is 7.92. The minimum absolute atomic E-state index is 0.118. The fourth-order valence-electron chi connectivity index (χ4n) is 2.89. The highest BCUT2D eigenvalue weighted by atomic mass is 32.2. The Balaban J connectivity index is 1.67. The number of hydrogen-bond acceptors (Lipinski definition) is 6. The van der Waals surface area contributed by atoms with Gasteiger partial charge in [0.15, 0.2) is 0 Å². The third-order valence-electron chi connectivity index (χ3n) is 4.90. The van der Waals surface area contributed by atoms with Crippen molar-refractivity contribution < 1.29 is 23.2 Å². The Bertz CT molecular complexity index is 1290. The average Bonchev–Trinajstić information content (AvgIpc) is 2.74. The van der Waals surface area contributed by atoms with Crippen LogP contribution in [0, 0.1) is 24.0 Å². The maximum atomic E-state index is 12.6. The molecule has 0 atom stereocenters. The van der Waals surface area contributed by atoms with E-state index in [1.165, 1.54) is 48.5 Å². The number of benzene rings is 3. The van der Waals surface area contributed by atoms with Crippen LogP contribution in [0.3, 0.4) is 0 Å². The summed E-state index contributed by atoms with van der Waals surface area (Å²) in [4.78, 5) is 22.8. The Kier molecular flexibility index (Phi) is 6.45. The van der Waals surface area contributed by atoms with E-state index in [2.05, 4.69) is 10.0 Å². The monoisotopic (exact) mass is 455 g/mol. The van der Waals surface area contributed by atoms with Crippen molar-refractivity contribution in [2.45, 2.75) is 25.3 Å². The number of aryl methyl sites for hydroxylation is 2. The van der Waals surface area contributed by atoms with Gasteiger partial charge in [0, 0.05) is 35.5 Å². The van der Waals surface area contributed by atoms with E-state index in [9.17, 15) is 28.4 Å². The first-order chi connectivity index (χ1) is 15.1. The SMILES string of the molecule is Cc1ccc(S(=O)(=O)Nc2ccc(C(=O)NCc3cc([N+](=O)[O-])ccc3O)cc2)cc1C. The van der Waals surface area contributed by atoms with Crippen molar-refractivity contribution in [1.82, 2.24) is 5.32 Å². The molecule has 1 amide bonds. The molecule has 10 heteroatoms. The van der Waals surface area contributed by atoms with Crippen molar-refractivity contribution in [3.8, 4) is 5.75 Å². The number of amides is 1. The molecule has 3 N–H and O–H groups in total. The lowest BCUT2D eigenvalue weighted by atomic mass is 10.1. The molecule has 0 saturated carbocycles. The van der Waals surface area contributed by atoms with E-state index in [1.807, 2.05) is 13.8 Å². The normalized spacial score (nSPS) is 11.1. The van der Waals surface area contributed by atoms with Gasteiger partial charge in [-0.3, -0.25) is 19.6 Å². The number of nitro benzene ring substituents is 1. The number of nitrogens with zero attached hydrogens (tertiary/aromatic N) is 1. The molecule has 0 bridgehead atoms. The molecule has 0 aliphatic heterocycles. The number of nitrogens with one attached hydrogen (secondary N) is 2. The lowest BCUT2D eigenvalue weighted by Gasteiger charge is -2.11. The van der Waals surface area contributed by atoms with Gasteiger partial charge in [0.25, 0.3) is 21.6 Å². The molecule has 32 heavy (non-hydrogen) atoms. The Morgan fingerprint density at radius 3 is 2.31 bits per heavy atom. The molecular weight excluding hydrogens is 434 g/mol. The lowest BCUT2D eigenvalue weighted by Crippen LogP contribution is -2.23. The fraction of sp³-hybridized carbons (Fsp3) is 0.136. The summed E-state index contributed by atoms with van der Waals surface area (Å²) in [6, 6.07) is 14.2. The number of hydrogen-bond donors (Lipinski definition) is 3. The van der Waals surface area contributed by atoms with Gasteiger partial charge in [-0.2, -0.15) is 0 Å². The summed E-state index contributed by atoms with van der Waals surface area (Å²) in [7, 11) is -3.78. The molecule has 9 nitrogen and oxygen atoms in total. The van der Waals surface area contributed by atoms with Crippen molar-refractivity contribution in [2.24, 2.45) is 0 Å². The molecule has 0 unspecified atom stereocenters. The minimum Gasteiger partial charge on any atom is -0.508 e. The molecule has 0 heterocycles. The molecule has 3 rings (SSSR count). The molecular formula is C22H21N3O6S. The number of aromatic hydroxyl groups is 1. The maximum absolute atomic E-state index is 12.6. The van der Waals surface area contributed by atoms with Gasteiger partial charge in [0.05, 0.1) is 9.82 Å². The molecule has 0 aromatic heterocycles. The van der Waals surface area contributed by atoms with Crippen LogP contribution in [-0.4, -0.2) is 24.4 Å². The second kappa shape index (κ2) is 9.06. The van der Waals surface area contributed by atoms with Gasteiger partial charge >= 0.3 is 0 Å². The minimum atomic E-state index is -3.78. The predicted molar refractivity (Wildman–Crippen MR) is 119 cm³/mol. The van der Waals surface area contributed by atoms with Gasteiger partial charge < -0.3 is 10.4 Å². The number of sulfonamides is 1. The van der Waals surface area contributed by atoms with E-state index >= 15 is 0 Å². The number of phenolic OH excluding ortho intramolecular Hbond substituents is 1. The zero-order chi connectivity index (χ0) is 23.5. The molecule has 0 spiro atoms. The fourth-order valence-corrected chi connectivity index (χ4v) is 4.03. The van der Waals surface area contributed by atoms with Gasteiger partial charge in [-0.1, -0.05) is 6.07 Å². The topological polar surface area (TPSA) is 139 Å². The molecule has 0 saturated heterocycles. The van der Waals surface area contributed by atoms with E-state index < -0.39 is 20.9 Å². The first-order valence-corrected chi connectivity index (χ1v) is 11.0. The Morgan fingerprint density at radius 2 is 1.69 bits per heavy atom. The highest BCUT2D eigenvalue weighted by Crippen LogP contribution is 2.23. The summed E-state index contributed by atoms with van der Waals surface area (Å²) in [5.41, 5.74) is 2.38. The van der Waals surface area contributed by atoms with Crippen LogP contribution in [-0.2, 0) is 16.6 Å². The molecule has 3 aromatic rings. The van der Waals surface area contributed by atoms with Crippen LogP contribution in [0.25, 0.3) is 0 Å². The standard InChI is InChI=1S/C22H21N3O6S/c1-14-3-9-20(11-15(14)2)32(30,31)24-18-6-4-16(5-7-18)22(27)23-13-17-12-19(25(28)29)8-10-21(17)26/h3-12,24,26H,13H2,1-2H3,(H,23,27). The second-order valence-electron chi connectivity index (χ2n) is 7.18. The van der Waals surface area contributed by atoms with Gasteiger partial charge in [-0.15, -0.1) is 0 Å². The van der Waals surface area contributed by atoms with Gasteiger partial charge in [-0.05, 0) is 67.4 Å². The van der Waals surface area contributed by atoms with E-state index in [4.69, 9.17) is 0 Å². The molecule has 0 fully saturated rings. The summed E-state index contributed by atoms with van der Waals surface area (Å²) < 4.78 is 27.7. The molecule has 3 aromatic carbocycles. The Morgan fingerprint density at radius 1 is 1.00 bits per heavy atom.